The predicted molar refractivity (Wildman–Crippen MR) is 88.5 cm³/mol. The smallest absolute Gasteiger partial charge is 0.317 e. The van der Waals surface area contributed by atoms with Crippen LogP contribution >= 0.6 is 0 Å². The summed E-state index contributed by atoms with van der Waals surface area (Å²) in [4.78, 5) is 12.9. The molecule has 0 bridgehead atoms. The third-order valence-corrected chi connectivity index (χ3v) is 6.25. The zero-order valence-corrected chi connectivity index (χ0v) is 14.5. The van der Waals surface area contributed by atoms with Crippen LogP contribution in [-0.2, 0) is 21.4 Å². The molecule has 0 amide bonds. The van der Waals surface area contributed by atoms with Crippen molar-refractivity contribution in [1.82, 2.24) is 9.21 Å². The molecule has 0 radical (unpaired) electrons. The van der Waals surface area contributed by atoms with E-state index in [9.17, 15) is 17.6 Å². The summed E-state index contributed by atoms with van der Waals surface area (Å²) in [5.74, 6) is -1.28. The van der Waals surface area contributed by atoms with Gasteiger partial charge in [0.15, 0.2) is 0 Å². The molecule has 1 aliphatic heterocycles. The number of aliphatic carboxylic acids is 1. The van der Waals surface area contributed by atoms with Gasteiger partial charge in [0.25, 0.3) is 0 Å². The first kappa shape index (κ1) is 18.8. The topological polar surface area (TPSA) is 77.9 Å². The van der Waals surface area contributed by atoms with E-state index in [4.69, 9.17) is 5.11 Å². The van der Waals surface area contributed by atoms with Crippen LogP contribution in [0.25, 0.3) is 0 Å². The highest BCUT2D eigenvalue weighted by molar-refractivity contribution is 7.89. The summed E-state index contributed by atoms with van der Waals surface area (Å²) in [7, 11) is -3.22. The quantitative estimate of drug-likeness (QED) is 0.800. The molecule has 0 unspecified atom stereocenters. The van der Waals surface area contributed by atoms with Gasteiger partial charge in [-0.05, 0) is 25.8 Å². The lowest BCUT2D eigenvalue weighted by atomic mass is 10.0. The maximum Gasteiger partial charge on any atom is 0.317 e. The molecule has 1 fully saturated rings. The Hall–Kier alpha value is -1.51. The second-order valence-electron chi connectivity index (χ2n) is 5.92. The van der Waals surface area contributed by atoms with Crippen LogP contribution in [0.2, 0.25) is 0 Å². The van der Waals surface area contributed by atoms with E-state index in [2.05, 4.69) is 0 Å². The number of sulfonamides is 1. The van der Waals surface area contributed by atoms with Crippen molar-refractivity contribution >= 4 is 16.0 Å². The molecule has 1 aliphatic rings. The molecular formula is C16H23FN2O4S. The van der Waals surface area contributed by atoms with E-state index in [-0.39, 0.29) is 30.7 Å². The molecule has 1 aromatic carbocycles. The van der Waals surface area contributed by atoms with Crippen molar-refractivity contribution in [2.75, 3.05) is 25.4 Å². The van der Waals surface area contributed by atoms with Gasteiger partial charge in [-0.3, -0.25) is 9.69 Å². The van der Waals surface area contributed by atoms with Gasteiger partial charge in [0.1, 0.15) is 5.82 Å². The fourth-order valence-electron chi connectivity index (χ4n) is 3.00. The molecule has 134 valence electrons. The Morgan fingerprint density at radius 1 is 1.33 bits per heavy atom. The van der Waals surface area contributed by atoms with Gasteiger partial charge in [0, 0.05) is 31.2 Å². The Balaban J connectivity index is 2.07. The molecule has 8 heteroatoms. The van der Waals surface area contributed by atoms with Gasteiger partial charge in [-0.1, -0.05) is 18.2 Å². The van der Waals surface area contributed by atoms with E-state index >= 15 is 0 Å². The average molecular weight is 358 g/mol. The van der Waals surface area contributed by atoms with E-state index in [0.29, 0.717) is 31.5 Å². The van der Waals surface area contributed by atoms with Crippen LogP contribution in [0.5, 0.6) is 0 Å². The van der Waals surface area contributed by atoms with E-state index in [1.807, 2.05) is 0 Å². The maximum absolute atomic E-state index is 13.9. The van der Waals surface area contributed by atoms with Crippen LogP contribution in [0.1, 0.15) is 25.3 Å². The maximum atomic E-state index is 13.9. The molecule has 2 rings (SSSR count). The third-order valence-electron chi connectivity index (χ3n) is 4.37. The summed E-state index contributed by atoms with van der Waals surface area (Å²) in [5.41, 5.74) is 0.447. The Labute approximate surface area is 141 Å². The fraction of sp³-hybridized carbons (Fsp3) is 0.562. The van der Waals surface area contributed by atoms with Crippen LogP contribution in [0.4, 0.5) is 4.39 Å². The number of hydrogen-bond acceptors (Lipinski definition) is 4. The second-order valence-corrected chi connectivity index (χ2v) is 8.18. The standard InChI is InChI=1S/C16H23FN2O4S/c1-2-24(22,23)19-9-7-14(8-10-19)18(12-16(20)21)11-13-5-3-4-6-15(13)17/h3-6,14H,2,7-12H2,1H3,(H,20,21). The van der Waals surface area contributed by atoms with Crippen molar-refractivity contribution in [1.29, 1.82) is 0 Å². The Morgan fingerprint density at radius 3 is 2.50 bits per heavy atom. The summed E-state index contributed by atoms with van der Waals surface area (Å²) in [6, 6.07) is 6.22. The van der Waals surface area contributed by atoms with Gasteiger partial charge in [-0.25, -0.2) is 17.1 Å². The summed E-state index contributed by atoms with van der Waals surface area (Å²) in [5, 5.41) is 9.14. The highest BCUT2D eigenvalue weighted by atomic mass is 32.2. The summed E-state index contributed by atoms with van der Waals surface area (Å²) in [6.07, 6.45) is 1.09. The normalized spacial score (nSPS) is 17.3. The average Bonchev–Trinajstić information content (AvgIpc) is 2.56. The summed E-state index contributed by atoms with van der Waals surface area (Å²) in [6.45, 7) is 2.35. The molecule has 1 aromatic rings. The Bertz CT molecular complexity index is 672. The summed E-state index contributed by atoms with van der Waals surface area (Å²) >= 11 is 0. The molecule has 0 atom stereocenters. The van der Waals surface area contributed by atoms with Gasteiger partial charge in [-0.15, -0.1) is 0 Å². The van der Waals surface area contributed by atoms with Crippen LogP contribution in [0, 0.1) is 5.82 Å². The monoisotopic (exact) mass is 358 g/mol. The fourth-order valence-corrected chi connectivity index (χ4v) is 4.13. The van der Waals surface area contributed by atoms with Crippen molar-refractivity contribution in [3.8, 4) is 0 Å². The number of nitrogens with zero attached hydrogens (tertiary/aromatic N) is 2. The molecule has 1 saturated heterocycles. The van der Waals surface area contributed by atoms with Crippen LogP contribution in [0.3, 0.4) is 0 Å². The van der Waals surface area contributed by atoms with Crippen LogP contribution < -0.4 is 0 Å². The molecule has 1 heterocycles. The predicted octanol–water partition coefficient (Wildman–Crippen LogP) is 1.53. The van der Waals surface area contributed by atoms with Gasteiger partial charge in [0.05, 0.1) is 12.3 Å². The second kappa shape index (κ2) is 8.04. The number of halogens is 1. The lowest BCUT2D eigenvalue weighted by Gasteiger charge is -2.37. The molecule has 0 aromatic heterocycles. The Kier molecular flexibility index (Phi) is 6.31. The molecule has 24 heavy (non-hydrogen) atoms. The van der Waals surface area contributed by atoms with Gasteiger partial charge in [0.2, 0.25) is 10.0 Å². The van der Waals surface area contributed by atoms with E-state index in [1.165, 1.54) is 10.4 Å². The minimum Gasteiger partial charge on any atom is -0.480 e. The lowest BCUT2D eigenvalue weighted by Crippen LogP contribution is -2.48. The number of piperidine rings is 1. The molecule has 0 aliphatic carbocycles. The summed E-state index contributed by atoms with van der Waals surface area (Å²) < 4.78 is 39.1. The lowest BCUT2D eigenvalue weighted by molar-refractivity contribution is -0.139. The van der Waals surface area contributed by atoms with Gasteiger partial charge < -0.3 is 5.11 Å². The first-order valence-corrected chi connectivity index (χ1v) is 9.61. The van der Waals surface area contributed by atoms with Gasteiger partial charge >= 0.3 is 5.97 Å². The van der Waals surface area contributed by atoms with Crippen molar-refractivity contribution in [3.05, 3.63) is 35.6 Å². The first-order valence-electron chi connectivity index (χ1n) is 8.00. The number of carboxylic acids is 1. The highest BCUT2D eigenvalue weighted by Crippen LogP contribution is 2.21. The minimum absolute atomic E-state index is 0.0612. The van der Waals surface area contributed by atoms with Gasteiger partial charge in [-0.2, -0.15) is 0 Å². The van der Waals surface area contributed by atoms with Crippen molar-refractivity contribution in [2.24, 2.45) is 0 Å². The zero-order valence-electron chi connectivity index (χ0n) is 13.7. The zero-order chi connectivity index (χ0) is 17.7. The van der Waals surface area contributed by atoms with Crippen LogP contribution in [-0.4, -0.2) is 60.1 Å². The highest BCUT2D eigenvalue weighted by Gasteiger charge is 2.30. The van der Waals surface area contributed by atoms with E-state index in [1.54, 1.807) is 30.0 Å². The Morgan fingerprint density at radius 2 is 1.96 bits per heavy atom. The first-order chi connectivity index (χ1) is 11.3. The molecule has 0 spiro atoms. The van der Waals surface area contributed by atoms with E-state index in [0.717, 1.165) is 0 Å². The molecule has 1 N–H and O–H groups in total. The van der Waals surface area contributed by atoms with Crippen molar-refractivity contribution in [3.63, 3.8) is 0 Å². The number of carbonyl (C=O) groups is 1. The molecule has 0 saturated carbocycles. The van der Waals surface area contributed by atoms with Crippen molar-refractivity contribution < 1.29 is 22.7 Å². The number of hydrogen-bond donors (Lipinski definition) is 1. The number of benzene rings is 1. The third kappa shape index (κ3) is 4.75. The molecule has 6 nitrogen and oxygen atoms in total. The largest absolute Gasteiger partial charge is 0.480 e. The van der Waals surface area contributed by atoms with E-state index < -0.39 is 16.0 Å². The van der Waals surface area contributed by atoms with Crippen LogP contribution in [0.15, 0.2) is 24.3 Å². The molecular weight excluding hydrogens is 335 g/mol. The minimum atomic E-state index is -3.22. The SMILES string of the molecule is CCS(=O)(=O)N1CCC(N(CC(=O)O)Cc2ccccc2F)CC1. The number of rotatable bonds is 7. The number of carboxylic acid groups (broad SMARTS) is 1. The van der Waals surface area contributed by atoms with Crippen molar-refractivity contribution in [2.45, 2.75) is 32.4 Å².